The van der Waals surface area contributed by atoms with Gasteiger partial charge in [-0.1, -0.05) is 6.92 Å². The molecule has 1 aromatic rings. The second kappa shape index (κ2) is 6.36. The van der Waals surface area contributed by atoms with Gasteiger partial charge < -0.3 is 14.6 Å². The first-order valence-electron chi connectivity index (χ1n) is 6.70. The number of aromatic nitrogens is 1. The van der Waals surface area contributed by atoms with Gasteiger partial charge in [0.15, 0.2) is 6.61 Å². The minimum absolute atomic E-state index is 0.0905. The first-order chi connectivity index (χ1) is 9.58. The van der Waals surface area contributed by atoms with E-state index in [9.17, 15) is 14.4 Å². The van der Waals surface area contributed by atoms with Gasteiger partial charge in [-0.2, -0.15) is 0 Å². The standard InChI is InChI=1S/C14H18N2O4/c1-10-4-3-7-16(8-10)12(17)9-20-14(19)11-5-2-6-15-13(11)18/h2,5-6,10H,3-4,7-9H2,1H3,(H,15,18)/t10-/m1/s1. The van der Waals surface area contributed by atoms with Crippen LogP contribution in [0.4, 0.5) is 0 Å². The molecule has 0 aliphatic carbocycles. The summed E-state index contributed by atoms with van der Waals surface area (Å²) in [7, 11) is 0. The molecule has 6 nitrogen and oxygen atoms in total. The molecule has 1 amide bonds. The lowest BCUT2D eigenvalue weighted by Gasteiger charge is -2.30. The number of amides is 1. The summed E-state index contributed by atoms with van der Waals surface area (Å²) in [5, 5.41) is 0. The zero-order valence-electron chi connectivity index (χ0n) is 11.4. The summed E-state index contributed by atoms with van der Waals surface area (Å²) >= 11 is 0. The quantitative estimate of drug-likeness (QED) is 0.829. The fourth-order valence-corrected chi connectivity index (χ4v) is 2.29. The molecule has 6 heteroatoms. The molecule has 108 valence electrons. The number of carbonyl (C=O) groups excluding carboxylic acids is 2. The molecule has 1 N–H and O–H groups in total. The summed E-state index contributed by atoms with van der Waals surface area (Å²) in [4.78, 5) is 39.1. The second-order valence-corrected chi connectivity index (χ2v) is 5.08. The van der Waals surface area contributed by atoms with Crippen molar-refractivity contribution < 1.29 is 14.3 Å². The first-order valence-corrected chi connectivity index (χ1v) is 6.70. The van der Waals surface area contributed by atoms with Gasteiger partial charge in [0, 0.05) is 19.3 Å². The molecule has 1 saturated heterocycles. The van der Waals surface area contributed by atoms with Crippen molar-refractivity contribution in [1.29, 1.82) is 0 Å². The monoisotopic (exact) mass is 278 g/mol. The first kappa shape index (κ1) is 14.3. The molecule has 0 unspecified atom stereocenters. The number of carbonyl (C=O) groups is 2. The number of hydrogen-bond donors (Lipinski definition) is 1. The van der Waals surface area contributed by atoms with Gasteiger partial charge in [-0.25, -0.2) is 4.79 Å². The van der Waals surface area contributed by atoms with E-state index in [1.165, 1.54) is 18.3 Å². The highest BCUT2D eigenvalue weighted by Crippen LogP contribution is 2.15. The maximum absolute atomic E-state index is 11.9. The van der Waals surface area contributed by atoms with Crippen LogP contribution < -0.4 is 5.56 Å². The van der Waals surface area contributed by atoms with Crippen LogP contribution in [0.3, 0.4) is 0 Å². The summed E-state index contributed by atoms with van der Waals surface area (Å²) in [6.07, 6.45) is 3.52. The normalized spacial score (nSPS) is 18.6. The topological polar surface area (TPSA) is 79.5 Å². The smallest absolute Gasteiger partial charge is 0.344 e. The van der Waals surface area contributed by atoms with Crippen molar-refractivity contribution in [2.24, 2.45) is 5.92 Å². The third-order valence-electron chi connectivity index (χ3n) is 3.37. The van der Waals surface area contributed by atoms with Gasteiger partial charge in [0.2, 0.25) is 0 Å². The van der Waals surface area contributed by atoms with E-state index in [2.05, 4.69) is 11.9 Å². The molecule has 2 rings (SSSR count). The third kappa shape index (κ3) is 3.46. The van der Waals surface area contributed by atoms with Gasteiger partial charge >= 0.3 is 5.97 Å². The lowest BCUT2D eigenvalue weighted by Crippen LogP contribution is -2.41. The van der Waals surface area contributed by atoms with Gasteiger partial charge in [0.1, 0.15) is 5.56 Å². The molecule has 0 spiro atoms. The molecule has 1 aliphatic rings. The molecular weight excluding hydrogens is 260 g/mol. The van der Waals surface area contributed by atoms with E-state index in [1.54, 1.807) is 4.90 Å². The number of rotatable bonds is 3. The molecule has 0 aromatic carbocycles. The van der Waals surface area contributed by atoms with Crippen LogP contribution in [0.2, 0.25) is 0 Å². The Balaban J connectivity index is 1.89. The number of pyridine rings is 1. The molecule has 0 saturated carbocycles. The van der Waals surface area contributed by atoms with Gasteiger partial charge in [0.25, 0.3) is 11.5 Å². The number of hydrogen-bond acceptors (Lipinski definition) is 4. The van der Waals surface area contributed by atoms with Crippen molar-refractivity contribution in [2.45, 2.75) is 19.8 Å². The van der Waals surface area contributed by atoms with Crippen LogP contribution in [0.5, 0.6) is 0 Å². The van der Waals surface area contributed by atoms with Crippen LogP contribution >= 0.6 is 0 Å². The summed E-state index contributed by atoms with van der Waals surface area (Å²) in [5.41, 5.74) is -0.608. The van der Waals surface area contributed by atoms with Crippen molar-refractivity contribution in [3.05, 3.63) is 34.2 Å². The average Bonchev–Trinajstić information content (AvgIpc) is 2.45. The van der Waals surface area contributed by atoms with Gasteiger partial charge in [-0.15, -0.1) is 0 Å². The van der Waals surface area contributed by atoms with Crippen molar-refractivity contribution in [3.63, 3.8) is 0 Å². The number of H-pyrrole nitrogens is 1. The fourth-order valence-electron chi connectivity index (χ4n) is 2.29. The summed E-state index contributed by atoms with van der Waals surface area (Å²) in [5.74, 6) is -0.511. The molecule has 20 heavy (non-hydrogen) atoms. The fraction of sp³-hybridized carbons (Fsp3) is 0.500. The molecule has 2 heterocycles. The van der Waals surface area contributed by atoms with Crippen LogP contribution in [0.25, 0.3) is 0 Å². The lowest BCUT2D eigenvalue weighted by atomic mass is 10.0. The Morgan fingerprint density at radius 3 is 3.00 bits per heavy atom. The average molecular weight is 278 g/mol. The van der Waals surface area contributed by atoms with Gasteiger partial charge in [-0.3, -0.25) is 9.59 Å². The Hall–Kier alpha value is -2.11. The van der Waals surface area contributed by atoms with Crippen molar-refractivity contribution in [2.75, 3.05) is 19.7 Å². The van der Waals surface area contributed by atoms with Crippen LogP contribution in [-0.4, -0.2) is 41.5 Å². The lowest BCUT2D eigenvalue weighted by molar-refractivity contribution is -0.136. The molecule has 0 radical (unpaired) electrons. The minimum atomic E-state index is -0.773. The zero-order chi connectivity index (χ0) is 14.5. The van der Waals surface area contributed by atoms with E-state index >= 15 is 0 Å². The molecule has 1 atom stereocenters. The molecular formula is C14H18N2O4. The maximum Gasteiger partial charge on any atom is 0.344 e. The van der Waals surface area contributed by atoms with Crippen LogP contribution in [0.1, 0.15) is 30.1 Å². The second-order valence-electron chi connectivity index (χ2n) is 5.08. The van der Waals surface area contributed by atoms with Crippen LogP contribution in [0.15, 0.2) is 23.1 Å². The summed E-state index contributed by atoms with van der Waals surface area (Å²) in [6.45, 7) is 3.17. The summed E-state index contributed by atoms with van der Waals surface area (Å²) < 4.78 is 4.91. The van der Waals surface area contributed by atoms with Gasteiger partial charge in [0.05, 0.1) is 0 Å². The summed E-state index contributed by atoms with van der Waals surface area (Å²) in [6, 6.07) is 2.90. The Bertz CT molecular complexity index is 552. The van der Waals surface area contributed by atoms with E-state index in [0.717, 1.165) is 12.8 Å². The van der Waals surface area contributed by atoms with Crippen molar-refractivity contribution >= 4 is 11.9 Å². The Kier molecular flexibility index (Phi) is 4.55. The van der Waals surface area contributed by atoms with E-state index < -0.39 is 11.5 Å². The number of esters is 1. The number of nitrogens with zero attached hydrogens (tertiary/aromatic N) is 1. The van der Waals surface area contributed by atoms with Crippen LogP contribution in [0, 0.1) is 5.92 Å². The van der Waals surface area contributed by atoms with E-state index in [-0.39, 0.29) is 18.1 Å². The SMILES string of the molecule is C[C@@H]1CCCN(C(=O)COC(=O)c2ccc[nH]c2=O)C1. The zero-order valence-corrected chi connectivity index (χ0v) is 11.4. The number of nitrogens with one attached hydrogen (secondary N) is 1. The highest BCUT2D eigenvalue weighted by molar-refractivity contribution is 5.90. The molecule has 1 aromatic heterocycles. The number of piperidine rings is 1. The number of likely N-dealkylation sites (tertiary alicyclic amines) is 1. The van der Waals surface area contributed by atoms with Crippen LogP contribution in [-0.2, 0) is 9.53 Å². The predicted molar refractivity (Wildman–Crippen MR) is 72.3 cm³/mol. The molecule has 1 aliphatic heterocycles. The largest absolute Gasteiger partial charge is 0.452 e. The third-order valence-corrected chi connectivity index (χ3v) is 3.37. The Morgan fingerprint density at radius 2 is 2.30 bits per heavy atom. The van der Waals surface area contributed by atoms with Crippen molar-refractivity contribution in [3.8, 4) is 0 Å². The van der Waals surface area contributed by atoms with E-state index in [1.807, 2.05) is 0 Å². The maximum atomic E-state index is 11.9. The van der Waals surface area contributed by atoms with Gasteiger partial charge in [-0.05, 0) is 30.9 Å². The number of ether oxygens (including phenoxy) is 1. The number of aromatic amines is 1. The molecule has 0 bridgehead atoms. The Labute approximate surface area is 116 Å². The van der Waals surface area contributed by atoms with Crippen molar-refractivity contribution in [1.82, 2.24) is 9.88 Å². The molecule has 1 fully saturated rings. The van der Waals surface area contributed by atoms with E-state index in [4.69, 9.17) is 4.74 Å². The highest BCUT2D eigenvalue weighted by atomic mass is 16.5. The highest BCUT2D eigenvalue weighted by Gasteiger charge is 2.22. The van der Waals surface area contributed by atoms with E-state index in [0.29, 0.717) is 19.0 Å². The minimum Gasteiger partial charge on any atom is -0.452 e. The predicted octanol–water partition coefficient (Wildman–Crippen LogP) is 0.790. The Morgan fingerprint density at radius 1 is 1.50 bits per heavy atom.